The van der Waals surface area contributed by atoms with E-state index in [4.69, 9.17) is 0 Å². The molecule has 5 heavy (non-hydrogen) atoms. The SMILES string of the molecule is [CH2]CCC.[HH].[Sn]. The first-order chi connectivity index (χ1) is 1.91. The van der Waals surface area contributed by atoms with Gasteiger partial charge in [0.2, 0.25) is 0 Å². The molecule has 0 nitrogen and oxygen atoms in total. The second kappa shape index (κ2) is 8.84. The summed E-state index contributed by atoms with van der Waals surface area (Å²) in [4.78, 5) is 0. The second-order valence-electron chi connectivity index (χ2n) is 0.854. The molecule has 0 aromatic rings. The predicted octanol–water partition coefficient (Wildman–Crippen LogP) is 1.49. The number of rotatable bonds is 1. The van der Waals surface area contributed by atoms with Crippen LogP contribution < -0.4 is 0 Å². The van der Waals surface area contributed by atoms with Gasteiger partial charge in [-0.05, 0) is 0 Å². The maximum Gasteiger partial charge on any atom is 0 e. The molecule has 0 rings (SSSR count). The summed E-state index contributed by atoms with van der Waals surface area (Å²) in [5.74, 6) is 0. The fraction of sp³-hybridized carbons (Fsp3) is 0.750. The van der Waals surface area contributed by atoms with E-state index in [1.807, 2.05) is 0 Å². The zero-order valence-corrected chi connectivity index (χ0v) is 6.48. The first-order valence-electron chi connectivity index (χ1n) is 1.71. The minimum atomic E-state index is 0. The van der Waals surface area contributed by atoms with Crippen LogP contribution >= 0.6 is 0 Å². The standard InChI is InChI=1S/C4H9.Sn.H2/c1-3-4-2;;/h1,3-4H2,2H3;;1H. The average molecular weight is 178 g/mol. The molecule has 0 aromatic carbocycles. The minimum absolute atomic E-state index is 0. The first kappa shape index (κ1) is 9.25. The maximum absolute atomic E-state index is 3.60. The van der Waals surface area contributed by atoms with Crippen molar-refractivity contribution in [3.05, 3.63) is 6.92 Å². The summed E-state index contributed by atoms with van der Waals surface area (Å²) in [6, 6.07) is 0. The number of hydrogen-bond donors (Lipinski definition) is 0. The molecule has 0 atom stereocenters. The Kier molecular flexibility index (Phi) is 16.4. The Labute approximate surface area is 52.4 Å². The minimum Gasteiger partial charge on any atom is -0.0654 e. The Balaban J connectivity index is -0.0000000450. The Hall–Kier alpha value is 0.799. The second-order valence-corrected chi connectivity index (χ2v) is 0.854. The summed E-state index contributed by atoms with van der Waals surface area (Å²) in [6.07, 6.45) is 2.28. The molecule has 0 aromatic heterocycles. The summed E-state index contributed by atoms with van der Waals surface area (Å²) in [6.45, 7) is 5.72. The molecule has 0 aliphatic heterocycles. The van der Waals surface area contributed by atoms with Crippen LogP contribution in [0.5, 0.6) is 0 Å². The van der Waals surface area contributed by atoms with Crippen molar-refractivity contribution in [1.29, 1.82) is 0 Å². The van der Waals surface area contributed by atoms with Gasteiger partial charge in [-0.3, -0.25) is 0 Å². The van der Waals surface area contributed by atoms with Gasteiger partial charge in [0, 0.05) is 25.3 Å². The van der Waals surface area contributed by atoms with E-state index in [0.29, 0.717) is 0 Å². The third-order valence-electron chi connectivity index (χ3n) is 0.354. The molecule has 0 saturated heterocycles. The van der Waals surface area contributed by atoms with Crippen LogP contribution in [0.1, 0.15) is 21.2 Å². The molecule has 0 aliphatic carbocycles. The van der Waals surface area contributed by atoms with Gasteiger partial charge in [-0.15, -0.1) is 0 Å². The molecular weight excluding hydrogens is 167 g/mol. The number of unbranched alkanes of at least 4 members (excludes halogenated alkanes) is 1. The first-order valence-corrected chi connectivity index (χ1v) is 1.71. The van der Waals surface area contributed by atoms with Crippen molar-refractivity contribution in [2.75, 3.05) is 0 Å². The molecule has 0 bridgehead atoms. The van der Waals surface area contributed by atoms with Gasteiger partial charge >= 0.3 is 0 Å². The molecule has 0 N–H and O–H groups in total. The van der Waals surface area contributed by atoms with Gasteiger partial charge in [0.15, 0.2) is 0 Å². The summed E-state index contributed by atoms with van der Waals surface area (Å²) in [5.41, 5.74) is 0. The van der Waals surface area contributed by atoms with Crippen LogP contribution in [0.4, 0.5) is 0 Å². The zero-order valence-electron chi connectivity index (χ0n) is 3.62. The molecule has 0 aliphatic rings. The normalized spacial score (nSPS) is 6.00. The Morgan fingerprint density at radius 1 is 1.80 bits per heavy atom. The molecule has 0 fully saturated rings. The van der Waals surface area contributed by atoms with Crippen LogP contribution in [-0.4, -0.2) is 23.9 Å². The quantitative estimate of drug-likeness (QED) is 0.533. The van der Waals surface area contributed by atoms with Crippen molar-refractivity contribution in [2.24, 2.45) is 0 Å². The smallest absolute Gasteiger partial charge is 0 e. The fourth-order valence-corrected chi connectivity index (χ4v) is 0. The third kappa shape index (κ3) is 11.6. The molecule has 0 saturated carbocycles. The largest absolute Gasteiger partial charge is 0.0654 e. The molecule has 31 valence electrons. The van der Waals surface area contributed by atoms with Crippen molar-refractivity contribution >= 4 is 23.9 Å². The molecule has 0 heterocycles. The topological polar surface area (TPSA) is 0 Å². The summed E-state index contributed by atoms with van der Waals surface area (Å²) < 4.78 is 0. The number of hydrogen-bond acceptors (Lipinski definition) is 0. The fourth-order valence-electron chi connectivity index (χ4n) is 0. The Morgan fingerprint density at radius 2 is 2.00 bits per heavy atom. The van der Waals surface area contributed by atoms with Crippen molar-refractivity contribution in [2.45, 2.75) is 19.8 Å². The van der Waals surface area contributed by atoms with Gasteiger partial charge in [-0.25, -0.2) is 0 Å². The van der Waals surface area contributed by atoms with E-state index in [1.165, 1.54) is 6.42 Å². The monoisotopic (exact) mass is 179 g/mol. The van der Waals surface area contributed by atoms with Gasteiger partial charge in [0.1, 0.15) is 0 Å². The van der Waals surface area contributed by atoms with E-state index in [2.05, 4.69) is 13.8 Å². The van der Waals surface area contributed by atoms with Crippen LogP contribution in [0.25, 0.3) is 0 Å². The predicted molar refractivity (Wildman–Crippen MR) is 28.1 cm³/mol. The van der Waals surface area contributed by atoms with Crippen molar-refractivity contribution in [3.63, 3.8) is 0 Å². The van der Waals surface area contributed by atoms with Crippen LogP contribution in [0.15, 0.2) is 0 Å². The van der Waals surface area contributed by atoms with Crippen molar-refractivity contribution < 1.29 is 1.43 Å². The van der Waals surface area contributed by atoms with Crippen LogP contribution in [0.3, 0.4) is 0 Å². The van der Waals surface area contributed by atoms with E-state index in [1.54, 1.807) is 0 Å². The van der Waals surface area contributed by atoms with E-state index in [0.717, 1.165) is 6.42 Å². The van der Waals surface area contributed by atoms with Gasteiger partial charge in [0.25, 0.3) is 0 Å². The molecule has 1 heteroatoms. The van der Waals surface area contributed by atoms with E-state index < -0.39 is 0 Å². The van der Waals surface area contributed by atoms with E-state index in [-0.39, 0.29) is 25.3 Å². The average Bonchev–Trinajstić information content (AvgIpc) is 1.37. The summed E-state index contributed by atoms with van der Waals surface area (Å²) >= 11 is 0. The Bertz CT molecular complexity index is 9.51. The third-order valence-corrected chi connectivity index (χ3v) is 0.354. The van der Waals surface area contributed by atoms with Gasteiger partial charge in [-0.1, -0.05) is 26.7 Å². The van der Waals surface area contributed by atoms with Crippen LogP contribution in [0.2, 0.25) is 0 Å². The van der Waals surface area contributed by atoms with Crippen LogP contribution in [-0.2, 0) is 0 Å². The molecule has 5 radical (unpaired) electrons. The van der Waals surface area contributed by atoms with Crippen molar-refractivity contribution in [1.82, 2.24) is 0 Å². The van der Waals surface area contributed by atoms with Crippen molar-refractivity contribution in [3.8, 4) is 0 Å². The zero-order chi connectivity index (χ0) is 3.41. The maximum atomic E-state index is 3.60. The van der Waals surface area contributed by atoms with Crippen LogP contribution in [0, 0.1) is 6.92 Å². The molecule has 0 amide bonds. The summed E-state index contributed by atoms with van der Waals surface area (Å²) in [5, 5.41) is 0. The molecule has 0 spiro atoms. The van der Waals surface area contributed by atoms with Gasteiger partial charge in [-0.2, -0.15) is 0 Å². The summed E-state index contributed by atoms with van der Waals surface area (Å²) in [7, 11) is 0. The van der Waals surface area contributed by atoms with Gasteiger partial charge in [0.05, 0.1) is 0 Å². The van der Waals surface area contributed by atoms with Gasteiger partial charge < -0.3 is 0 Å². The van der Waals surface area contributed by atoms with E-state index >= 15 is 0 Å². The Morgan fingerprint density at radius 3 is 2.00 bits per heavy atom. The van der Waals surface area contributed by atoms with E-state index in [9.17, 15) is 0 Å². The molecule has 0 unspecified atom stereocenters. The molecular formula is C4H11Sn.